The fraction of sp³-hybridized carbons (Fsp3) is 0.188. The Balaban J connectivity index is 1.88. The number of halogens is 1. The molecule has 21 heavy (non-hydrogen) atoms. The van der Waals surface area contributed by atoms with E-state index in [9.17, 15) is 14.3 Å². The SMILES string of the molecule is CN(Cc1ccccc1F)C(=O)CSc1ccc(O)cc1. The maximum absolute atomic E-state index is 13.5. The average Bonchev–Trinajstić information content (AvgIpc) is 2.48. The third kappa shape index (κ3) is 4.49. The maximum atomic E-state index is 13.5. The number of benzene rings is 2. The maximum Gasteiger partial charge on any atom is 0.232 e. The number of phenols is 1. The number of amides is 1. The summed E-state index contributed by atoms with van der Waals surface area (Å²) in [6.07, 6.45) is 0. The van der Waals surface area contributed by atoms with Crippen molar-refractivity contribution < 1.29 is 14.3 Å². The van der Waals surface area contributed by atoms with Gasteiger partial charge in [-0.05, 0) is 30.3 Å². The summed E-state index contributed by atoms with van der Waals surface area (Å²) in [5.74, 6) is 0.0948. The zero-order valence-corrected chi connectivity index (χ0v) is 12.4. The van der Waals surface area contributed by atoms with Crippen LogP contribution < -0.4 is 0 Å². The van der Waals surface area contributed by atoms with Crippen LogP contribution in [0.2, 0.25) is 0 Å². The van der Waals surface area contributed by atoms with Crippen molar-refractivity contribution in [3.05, 3.63) is 59.9 Å². The Morgan fingerprint density at radius 3 is 2.52 bits per heavy atom. The molecule has 0 aliphatic carbocycles. The lowest BCUT2D eigenvalue weighted by atomic mass is 10.2. The third-order valence-corrected chi connectivity index (χ3v) is 3.99. The van der Waals surface area contributed by atoms with Crippen molar-refractivity contribution in [2.75, 3.05) is 12.8 Å². The molecule has 1 N–H and O–H groups in total. The van der Waals surface area contributed by atoms with Gasteiger partial charge in [0.15, 0.2) is 0 Å². The molecule has 3 nitrogen and oxygen atoms in total. The molecule has 0 radical (unpaired) electrons. The summed E-state index contributed by atoms with van der Waals surface area (Å²) in [5, 5.41) is 9.19. The molecule has 0 aliphatic heterocycles. The largest absolute Gasteiger partial charge is 0.508 e. The van der Waals surface area contributed by atoms with E-state index in [1.165, 1.54) is 22.7 Å². The molecule has 5 heteroatoms. The van der Waals surface area contributed by atoms with Gasteiger partial charge >= 0.3 is 0 Å². The highest BCUT2D eigenvalue weighted by Crippen LogP contribution is 2.21. The number of carbonyl (C=O) groups is 1. The molecule has 0 heterocycles. The van der Waals surface area contributed by atoms with Gasteiger partial charge in [0.05, 0.1) is 5.75 Å². The van der Waals surface area contributed by atoms with E-state index in [1.54, 1.807) is 49.5 Å². The lowest BCUT2D eigenvalue weighted by molar-refractivity contribution is -0.127. The Morgan fingerprint density at radius 1 is 1.19 bits per heavy atom. The summed E-state index contributed by atoms with van der Waals surface area (Å²) < 4.78 is 13.5. The fourth-order valence-corrected chi connectivity index (χ4v) is 2.61. The molecule has 2 aromatic rings. The molecule has 2 rings (SSSR count). The van der Waals surface area contributed by atoms with Gasteiger partial charge in [0.1, 0.15) is 11.6 Å². The number of nitrogens with zero attached hydrogens (tertiary/aromatic N) is 1. The van der Waals surface area contributed by atoms with Crippen LogP contribution in [0.25, 0.3) is 0 Å². The summed E-state index contributed by atoms with van der Waals surface area (Å²) in [6.45, 7) is 0.252. The number of phenolic OH excluding ortho intramolecular Hbond substituents is 1. The number of rotatable bonds is 5. The highest BCUT2D eigenvalue weighted by atomic mass is 32.2. The third-order valence-electron chi connectivity index (χ3n) is 2.99. The first-order chi connectivity index (χ1) is 10.1. The Bertz CT molecular complexity index is 616. The van der Waals surface area contributed by atoms with Crippen molar-refractivity contribution in [2.24, 2.45) is 0 Å². The Kier molecular flexibility index (Phi) is 5.22. The first kappa shape index (κ1) is 15.4. The number of hydrogen-bond donors (Lipinski definition) is 1. The van der Waals surface area contributed by atoms with Crippen molar-refractivity contribution in [2.45, 2.75) is 11.4 Å². The lowest BCUT2D eigenvalue weighted by Gasteiger charge is -2.17. The van der Waals surface area contributed by atoms with Gasteiger partial charge < -0.3 is 10.0 Å². The minimum absolute atomic E-state index is 0.0728. The second-order valence-corrected chi connectivity index (χ2v) is 5.67. The molecule has 2 aromatic carbocycles. The van der Waals surface area contributed by atoms with E-state index in [4.69, 9.17) is 0 Å². The minimum atomic E-state index is -0.302. The monoisotopic (exact) mass is 305 g/mol. The van der Waals surface area contributed by atoms with E-state index in [2.05, 4.69) is 0 Å². The Morgan fingerprint density at radius 2 is 1.86 bits per heavy atom. The molecule has 0 saturated heterocycles. The van der Waals surface area contributed by atoms with Crippen molar-refractivity contribution in [3.8, 4) is 5.75 Å². The molecule has 0 atom stereocenters. The van der Waals surface area contributed by atoms with E-state index in [0.29, 0.717) is 5.56 Å². The van der Waals surface area contributed by atoms with Crippen LogP contribution in [-0.4, -0.2) is 28.7 Å². The van der Waals surface area contributed by atoms with Crippen molar-refractivity contribution in [1.29, 1.82) is 0 Å². The molecule has 110 valence electrons. The first-order valence-electron chi connectivity index (χ1n) is 6.45. The van der Waals surface area contributed by atoms with Crippen LogP contribution in [0.3, 0.4) is 0 Å². The van der Waals surface area contributed by atoms with Crippen LogP contribution >= 0.6 is 11.8 Å². The van der Waals surface area contributed by atoms with Crippen LogP contribution in [0.5, 0.6) is 5.75 Å². The van der Waals surface area contributed by atoms with Crippen molar-refractivity contribution in [1.82, 2.24) is 4.90 Å². The zero-order chi connectivity index (χ0) is 15.2. The van der Waals surface area contributed by atoms with E-state index < -0.39 is 0 Å². The predicted molar refractivity (Wildman–Crippen MR) is 81.7 cm³/mol. The molecule has 0 bridgehead atoms. The van der Waals surface area contributed by atoms with Crippen molar-refractivity contribution in [3.63, 3.8) is 0 Å². The summed E-state index contributed by atoms with van der Waals surface area (Å²) in [7, 11) is 1.66. The van der Waals surface area contributed by atoms with Gasteiger partial charge in [-0.25, -0.2) is 4.39 Å². The van der Waals surface area contributed by atoms with E-state index in [0.717, 1.165) is 4.90 Å². The predicted octanol–water partition coefficient (Wildman–Crippen LogP) is 3.28. The van der Waals surface area contributed by atoms with Crippen LogP contribution in [0.15, 0.2) is 53.4 Å². The lowest BCUT2D eigenvalue weighted by Crippen LogP contribution is -2.28. The number of thioether (sulfide) groups is 1. The first-order valence-corrected chi connectivity index (χ1v) is 7.44. The van der Waals surface area contributed by atoms with Gasteiger partial charge in [0.25, 0.3) is 0 Å². The molecule has 0 aromatic heterocycles. The quantitative estimate of drug-likeness (QED) is 0.862. The van der Waals surface area contributed by atoms with Gasteiger partial charge in [0.2, 0.25) is 5.91 Å². The van der Waals surface area contributed by atoms with Crippen LogP contribution in [0.1, 0.15) is 5.56 Å². The topological polar surface area (TPSA) is 40.5 Å². The van der Waals surface area contributed by atoms with Crippen LogP contribution in [0.4, 0.5) is 4.39 Å². The number of aromatic hydroxyl groups is 1. The number of carbonyl (C=O) groups excluding carboxylic acids is 1. The Hall–Kier alpha value is -2.01. The molecule has 0 unspecified atom stereocenters. The minimum Gasteiger partial charge on any atom is -0.508 e. The molecular weight excluding hydrogens is 289 g/mol. The second kappa shape index (κ2) is 7.13. The smallest absolute Gasteiger partial charge is 0.232 e. The summed E-state index contributed by atoms with van der Waals surface area (Å²) in [6, 6.07) is 13.1. The van der Waals surface area contributed by atoms with E-state index in [1.807, 2.05) is 0 Å². The molecule has 0 fully saturated rings. The standard InChI is InChI=1S/C16H16FNO2S/c1-18(10-12-4-2-3-5-15(12)17)16(20)11-21-14-8-6-13(19)7-9-14/h2-9,19H,10-11H2,1H3. The van der Waals surface area contributed by atoms with E-state index in [-0.39, 0.29) is 29.8 Å². The molecule has 0 spiro atoms. The molecule has 0 saturated carbocycles. The van der Waals surface area contributed by atoms with Gasteiger partial charge in [-0.3, -0.25) is 4.79 Å². The zero-order valence-electron chi connectivity index (χ0n) is 11.6. The van der Waals surface area contributed by atoms with Gasteiger partial charge in [-0.1, -0.05) is 18.2 Å². The highest BCUT2D eigenvalue weighted by Gasteiger charge is 2.11. The summed E-state index contributed by atoms with van der Waals surface area (Å²) in [4.78, 5) is 14.4. The molecule has 0 aliphatic rings. The molecular formula is C16H16FNO2S. The van der Waals surface area contributed by atoms with Crippen LogP contribution in [-0.2, 0) is 11.3 Å². The van der Waals surface area contributed by atoms with E-state index >= 15 is 0 Å². The Labute approximate surface area is 127 Å². The second-order valence-electron chi connectivity index (χ2n) is 4.62. The summed E-state index contributed by atoms with van der Waals surface area (Å²) in [5.41, 5.74) is 0.503. The average molecular weight is 305 g/mol. The van der Waals surface area contributed by atoms with Gasteiger partial charge in [0, 0.05) is 24.1 Å². The fourth-order valence-electron chi connectivity index (χ4n) is 1.77. The normalized spacial score (nSPS) is 10.4. The van der Waals surface area contributed by atoms with Crippen LogP contribution in [0, 0.1) is 5.82 Å². The molecule has 1 amide bonds. The number of hydrogen-bond acceptors (Lipinski definition) is 3. The highest BCUT2D eigenvalue weighted by molar-refractivity contribution is 8.00. The van der Waals surface area contributed by atoms with Gasteiger partial charge in [-0.15, -0.1) is 11.8 Å². The summed E-state index contributed by atoms with van der Waals surface area (Å²) >= 11 is 1.38. The van der Waals surface area contributed by atoms with Crippen molar-refractivity contribution >= 4 is 17.7 Å². The van der Waals surface area contributed by atoms with Gasteiger partial charge in [-0.2, -0.15) is 0 Å².